The predicted molar refractivity (Wildman–Crippen MR) is 105 cm³/mol. The van der Waals surface area contributed by atoms with Crippen molar-refractivity contribution in [1.82, 2.24) is 9.71 Å². The summed E-state index contributed by atoms with van der Waals surface area (Å²) in [7, 11) is -4.06. The first-order valence-corrected chi connectivity index (χ1v) is 10.0. The van der Waals surface area contributed by atoms with Gasteiger partial charge in [-0.15, -0.1) is 0 Å². The standard InChI is InChI=1S/C20H19N3O4S/c1-14-12-17(23(24)25)13-19(15(14)2)28(26,27)22-20(16-8-4-3-5-9-16)18-10-6-7-11-21-18/h3-13,20,22H,1-2H3. The van der Waals surface area contributed by atoms with Gasteiger partial charge < -0.3 is 0 Å². The van der Waals surface area contributed by atoms with Crippen LogP contribution in [0.1, 0.15) is 28.4 Å². The van der Waals surface area contributed by atoms with Crippen LogP contribution in [0.3, 0.4) is 0 Å². The number of nitro groups is 1. The number of hydrogen-bond donors (Lipinski definition) is 1. The minimum atomic E-state index is -4.06. The summed E-state index contributed by atoms with van der Waals surface area (Å²) in [5, 5.41) is 11.2. The molecule has 0 saturated carbocycles. The number of sulfonamides is 1. The lowest BCUT2D eigenvalue weighted by Crippen LogP contribution is -2.30. The third-order valence-corrected chi connectivity index (χ3v) is 6.04. The molecule has 1 atom stereocenters. The van der Waals surface area contributed by atoms with Crippen molar-refractivity contribution in [2.45, 2.75) is 24.8 Å². The Balaban J connectivity index is 2.10. The van der Waals surface area contributed by atoms with Gasteiger partial charge in [0.1, 0.15) is 0 Å². The van der Waals surface area contributed by atoms with Crippen LogP contribution in [0.5, 0.6) is 0 Å². The van der Waals surface area contributed by atoms with Crippen LogP contribution in [0.25, 0.3) is 0 Å². The number of aromatic nitrogens is 1. The summed E-state index contributed by atoms with van der Waals surface area (Å²) in [5.74, 6) is 0. The lowest BCUT2D eigenvalue weighted by atomic mass is 10.0. The van der Waals surface area contributed by atoms with Crippen LogP contribution in [-0.2, 0) is 10.0 Å². The molecule has 1 heterocycles. The van der Waals surface area contributed by atoms with Crippen molar-refractivity contribution in [2.75, 3.05) is 0 Å². The molecule has 3 rings (SSSR count). The second-order valence-electron chi connectivity index (χ2n) is 6.36. The van der Waals surface area contributed by atoms with E-state index in [9.17, 15) is 18.5 Å². The Kier molecular flexibility index (Phi) is 5.53. The van der Waals surface area contributed by atoms with Crippen molar-refractivity contribution in [3.05, 3.63) is 99.4 Å². The summed E-state index contributed by atoms with van der Waals surface area (Å²) in [6.07, 6.45) is 1.59. The molecule has 1 unspecified atom stereocenters. The third kappa shape index (κ3) is 4.08. The highest BCUT2D eigenvalue weighted by atomic mass is 32.2. The zero-order chi connectivity index (χ0) is 20.3. The number of pyridine rings is 1. The van der Waals surface area contributed by atoms with E-state index in [4.69, 9.17) is 0 Å². The van der Waals surface area contributed by atoms with Crippen molar-refractivity contribution in [2.24, 2.45) is 0 Å². The molecule has 1 aromatic heterocycles. The maximum Gasteiger partial charge on any atom is 0.271 e. The average molecular weight is 397 g/mol. The smallest absolute Gasteiger partial charge is 0.259 e. The molecular formula is C20H19N3O4S. The van der Waals surface area contributed by atoms with E-state index in [1.165, 1.54) is 6.07 Å². The fraction of sp³-hybridized carbons (Fsp3) is 0.150. The van der Waals surface area contributed by atoms with E-state index in [-0.39, 0.29) is 10.6 Å². The van der Waals surface area contributed by atoms with E-state index in [1.54, 1.807) is 50.4 Å². The van der Waals surface area contributed by atoms with Crippen molar-refractivity contribution >= 4 is 15.7 Å². The Labute approximate surface area is 163 Å². The summed E-state index contributed by atoms with van der Waals surface area (Å²) in [6.45, 7) is 3.28. The number of non-ortho nitro benzene ring substituents is 1. The maximum absolute atomic E-state index is 13.2. The van der Waals surface area contributed by atoms with E-state index >= 15 is 0 Å². The Bertz CT molecular complexity index is 1060. The van der Waals surface area contributed by atoms with Gasteiger partial charge in [0.25, 0.3) is 5.69 Å². The number of nitrogens with zero attached hydrogens (tertiary/aromatic N) is 2. The molecule has 8 heteroatoms. The number of aryl methyl sites for hydroxylation is 1. The predicted octanol–water partition coefficient (Wildman–Crippen LogP) is 3.67. The molecule has 0 radical (unpaired) electrons. The summed E-state index contributed by atoms with van der Waals surface area (Å²) in [6, 6.07) is 16.0. The lowest BCUT2D eigenvalue weighted by molar-refractivity contribution is -0.385. The minimum absolute atomic E-state index is 0.115. The summed E-state index contributed by atoms with van der Waals surface area (Å²) < 4.78 is 29.0. The third-order valence-electron chi connectivity index (χ3n) is 4.49. The normalized spacial score (nSPS) is 12.5. The molecule has 7 nitrogen and oxygen atoms in total. The average Bonchev–Trinajstić information content (AvgIpc) is 2.69. The van der Waals surface area contributed by atoms with Gasteiger partial charge in [0.15, 0.2) is 0 Å². The van der Waals surface area contributed by atoms with Gasteiger partial charge in [-0.3, -0.25) is 15.1 Å². The van der Waals surface area contributed by atoms with Gasteiger partial charge in [-0.1, -0.05) is 36.4 Å². The SMILES string of the molecule is Cc1cc([N+](=O)[O-])cc(S(=O)(=O)NC(c2ccccc2)c2ccccn2)c1C. The Hall–Kier alpha value is -3.10. The van der Waals surface area contributed by atoms with Crippen LogP contribution >= 0.6 is 0 Å². The van der Waals surface area contributed by atoms with Crippen LogP contribution in [0.2, 0.25) is 0 Å². The first-order chi connectivity index (χ1) is 13.3. The van der Waals surface area contributed by atoms with Gasteiger partial charge in [-0.05, 0) is 42.7 Å². The van der Waals surface area contributed by atoms with Crippen LogP contribution in [0.15, 0.2) is 71.8 Å². The highest BCUT2D eigenvalue weighted by molar-refractivity contribution is 7.89. The van der Waals surface area contributed by atoms with Crippen molar-refractivity contribution < 1.29 is 13.3 Å². The van der Waals surface area contributed by atoms with E-state index < -0.39 is 21.0 Å². The number of nitrogens with one attached hydrogen (secondary N) is 1. The van der Waals surface area contributed by atoms with Crippen LogP contribution in [0, 0.1) is 24.0 Å². The van der Waals surface area contributed by atoms with E-state index in [2.05, 4.69) is 9.71 Å². The minimum Gasteiger partial charge on any atom is -0.259 e. The summed E-state index contributed by atoms with van der Waals surface area (Å²) >= 11 is 0. The molecule has 0 saturated heterocycles. The zero-order valence-corrected chi connectivity index (χ0v) is 16.2. The van der Waals surface area contributed by atoms with Gasteiger partial charge in [0.05, 0.1) is 21.6 Å². The van der Waals surface area contributed by atoms with Crippen LogP contribution in [-0.4, -0.2) is 18.3 Å². The first-order valence-electron chi connectivity index (χ1n) is 8.53. The second kappa shape index (κ2) is 7.87. The maximum atomic E-state index is 13.2. The molecule has 0 aliphatic rings. The van der Waals surface area contributed by atoms with Crippen LogP contribution in [0.4, 0.5) is 5.69 Å². The van der Waals surface area contributed by atoms with Crippen molar-refractivity contribution in [3.8, 4) is 0 Å². The fourth-order valence-corrected chi connectivity index (χ4v) is 4.44. The molecule has 0 aliphatic heterocycles. The van der Waals surface area contributed by atoms with Gasteiger partial charge in [0.2, 0.25) is 10.0 Å². The monoisotopic (exact) mass is 397 g/mol. The lowest BCUT2D eigenvalue weighted by Gasteiger charge is -2.20. The van der Waals surface area contributed by atoms with Gasteiger partial charge >= 0.3 is 0 Å². The fourth-order valence-electron chi connectivity index (χ4n) is 2.90. The van der Waals surface area contributed by atoms with E-state index in [0.29, 0.717) is 22.4 Å². The van der Waals surface area contributed by atoms with Crippen molar-refractivity contribution in [3.63, 3.8) is 0 Å². The number of nitro benzene ring substituents is 1. The molecule has 0 aliphatic carbocycles. The molecule has 144 valence electrons. The van der Waals surface area contributed by atoms with Gasteiger partial charge in [0, 0.05) is 18.3 Å². The highest BCUT2D eigenvalue weighted by Crippen LogP contribution is 2.28. The van der Waals surface area contributed by atoms with Gasteiger partial charge in [-0.2, -0.15) is 4.72 Å². The molecule has 0 spiro atoms. The molecule has 2 aromatic carbocycles. The number of benzene rings is 2. The number of hydrogen-bond acceptors (Lipinski definition) is 5. The molecular weight excluding hydrogens is 378 g/mol. The summed E-state index contributed by atoms with van der Waals surface area (Å²) in [5.41, 5.74) is 1.97. The zero-order valence-electron chi connectivity index (χ0n) is 15.4. The van der Waals surface area contributed by atoms with Crippen molar-refractivity contribution in [1.29, 1.82) is 0 Å². The van der Waals surface area contributed by atoms with E-state index in [0.717, 1.165) is 6.07 Å². The molecule has 0 fully saturated rings. The summed E-state index contributed by atoms with van der Waals surface area (Å²) in [4.78, 5) is 14.8. The number of rotatable bonds is 6. The first kappa shape index (κ1) is 19.7. The highest BCUT2D eigenvalue weighted by Gasteiger charge is 2.27. The van der Waals surface area contributed by atoms with Gasteiger partial charge in [-0.25, -0.2) is 8.42 Å². The van der Waals surface area contributed by atoms with E-state index in [1.807, 2.05) is 18.2 Å². The second-order valence-corrected chi connectivity index (χ2v) is 8.04. The van der Waals surface area contributed by atoms with Crippen LogP contribution < -0.4 is 4.72 Å². The molecule has 0 amide bonds. The molecule has 1 N–H and O–H groups in total. The Morgan fingerprint density at radius 1 is 1.04 bits per heavy atom. The molecule has 0 bridgehead atoms. The Morgan fingerprint density at radius 2 is 1.71 bits per heavy atom. The largest absolute Gasteiger partial charge is 0.271 e. The molecule has 28 heavy (non-hydrogen) atoms. The quantitative estimate of drug-likeness (QED) is 0.505. The topological polar surface area (TPSA) is 102 Å². The molecule has 3 aromatic rings. The Morgan fingerprint density at radius 3 is 2.32 bits per heavy atom.